The number of ether oxygens (including phenoxy) is 1. The molecular weight excluding hydrogens is 401 g/mol. The van der Waals surface area contributed by atoms with E-state index < -0.39 is 0 Å². The average molecular weight is 417 g/mol. The van der Waals surface area contributed by atoms with Crippen LogP contribution >= 0.6 is 39.1 Å². The molecule has 1 N–H and O–H groups in total. The molecule has 2 aromatic rings. The van der Waals surface area contributed by atoms with Gasteiger partial charge in [0.2, 0.25) is 0 Å². The van der Waals surface area contributed by atoms with Gasteiger partial charge in [-0.25, -0.2) is 0 Å². The van der Waals surface area contributed by atoms with Gasteiger partial charge in [-0.2, -0.15) is 0 Å². The molecule has 23 heavy (non-hydrogen) atoms. The summed E-state index contributed by atoms with van der Waals surface area (Å²) in [6.45, 7) is 2.64. The van der Waals surface area contributed by atoms with Gasteiger partial charge in [0.15, 0.2) is 0 Å². The average Bonchev–Trinajstić information content (AvgIpc) is 2.52. The number of halogens is 3. The first-order chi connectivity index (χ1) is 11.0. The lowest BCUT2D eigenvalue weighted by molar-refractivity contribution is 0.102. The Bertz CT molecular complexity index is 707. The molecule has 1 amide bonds. The van der Waals surface area contributed by atoms with E-state index >= 15 is 0 Å². The maximum atomic E-state index is 12.5. The Hall–Kier alpha value is -1.23. The predicted molar refractivity (Wildman–Crippen MR) is 99.0 cm³/mol. The number of unbranched alkanes of at least 4 members (excludes halogenated alkanes) is 1. The van der Waals surface area contributed by atoms with Crippen molar-refractivity contribution >= 4 is 50.7 Å². The summed E-state index contributed by atoms with van der Waals surface area (Å²) in [6.07, 6.45) is 1.94. The van der Waals surface area contributed by atoms with Gasteiger partial charge in [-0.3, -0.25) is 4.79 Å². The molecule has 0 heterocycles. The summed E-state index contributed by atoms with van der Waals surface area (Å²) in [5.41, 5.74) is 0.996. The molecule has 2 aromatic carbocycles. The smallest absolute Gasteiger partial charge is 0.259 e. The number of anilines is 1. The first-order valence-electron chi connectivity index (χ1n) is 7.20. The van der Waals surface area contributed by atoms with Crippen LogP contribution in [0.4, 0.5) is 5.69 Å². The molecule has 0 aromatic heterocycles. The standard InChI is InChI=1S/C17H16BrCl2NO2/c1-2-3-8-23-16-7-4-11(19)9-13(16)17(22)21-12-5-6-14(18)15(20)10-12/h4-7,9-10H,2-3,8H2,1H3,(H,21,22). The number of hydrogen-bond donors (Lipinski definition) is 1. The third-order valence-corrected chi connectivity index (χ3v) is 4.59. The van der Waals surface area contributed by atoms with Gasteiger partial charge in [-0.05, 0) is 58.7 Å². The van der Waals surface area contributed by atoms with Gasteiger partial charge in [0.1, 0.15) is 5.75 Å². The summed E-state index contributed by atoms with van der Waals surface area (Å²) in [6, 6.07) is 10.2. The summed E-state index contributed by atoms with van der Waals surface area (Å²) < 4.78 is 6.45. The van der Waals surface area contributed by atoms with Crippen molar-refractivity contribution in [3.63, 3.8) is 0 Å². The molecule has 0 aliphatic rings. The van der Waals surface area contributed by atoms with Crippen molar-refractivity contribution < 1.29 is 9.53 Å². The topological polar surface area (TPSA) is 38.3 Å². The Morgan fingerprint density at radius 2 is 2.00 bits per heavy atom. The van der Waals surface area contributed by atoms with Crippen LogP contribution in [0.1, 0.15) is 30.1 Å². The van der Waals surface area contributed by atoms with Crippen LogP contribution in [0.3, 0.4) is 0 Å². The van der Waals surface area contributed by atoms with Crippen LogP contribution in [0.25, 0.3) is 0 Å². The van der Waals surface area contributed by atoms with E-state index in [0.717, 1.165) is 17.3 Å². The molecule has 0 bridgehead atoms. The van der Waals surface area contributed by atoms with Crippen LogP contribution < -0.4 is 10.1 Å². The highest BCUT2D eigenvalue weighted by Crippen LogP contribution is 2.28. The van der Waals surface area contributed by atoms with Gasteiger partial charge in [0.05, 0.1) is 17.2 Å². The fourth-order valence-electron chi connectivity index (χ4n) is 1.90. The number of rotatable bonds is 6. The maximum absolute atomic E-state index is 12.5. The molecule has 6 heteroatoms. The Kier molecular flexibility index (Phi) is 6.75. The Labute approximate surface area is 154 Å². The van der Waals surface area contributed by atoms with Crippen LogP contribution in [0, 0.1) is 0 Å². The molecule has 0 spiro atoms. The lowest BCUT2D eigenvalue weighted by Gasteiger charge is -2.12. The van der Waals surface area contributed by atoms with Gasteiger partial charge in [-0.1, -0.05) is 36.5 Å². The Balaban J connectivity index is 2.19. The van der Waals surface area contributed by atoms with Crippen molar-refractivity contribution in [2.45, 2.75) is 19.8 Å². The third-order valence-electron chi connectivity index (χ3n) is 3.12. The minimum absolute atomic E-state index is 0.294. The normalized spacial score (nSPS) is 10.4. The van der Waals surface area contributed by atoms with E-state index in [1.54, 1.807) is 36.4 Å². The highest BCUT2D eigenvalue weighted by atomic mass is 79.9. The minimum atomic E-state index is -0.294. The first kappa shape index (κ1) is 18.1. The summed E-state index contributed by atoms with van der Waals surface area (Å²) >= 11 is 15.4. The number of carbonyl (C=O) groups is 1. The lowest BCUT2D eigenvalue weighted by atomic mass is 10.1. The van der Waals surface area contributed by atoms with E-state index in [9.17, 15) is 4.79 Å². The summed E-state index contributed by atoms with van der Waals surface area (Å²) in [5.74, 6) is 0.223. The molecule has 0 aliphatic carbocycles. The molecule has 122 valence electrons. The number of benzene rings is 2. The van der Waals surface area contributed by atoms with E-state index in [4.69, 9.17) is 27.9 Å². The molecule has 2 rings (SSSR count). The molecule has 0 aliphatic heterocycles. The number of nitrogens with one attached hydrogen (secondary N) is 1. The van der Waals surface area contributed by atoms with Gasteiger partial charge in [0, 0.05) is 15.2 Å². The van der Waals surface area contributed by atoms with Crippen molar-refractivity contribution in [1.29, 1.82) is 0 Å². The van der Waals surface area contributed by atoms with Crippen molar-refractivity contribution in [2.24, 2.45) is 0 Å². The van der Waals surface area contributed by atoms with E-state index in [-0.39, 0.29) is 5.91 Å². The van der Waals surface area contributed by atoms with Crippen LogP contribution in [0.5, 0.6) is 5.75 Å². The predicted octanol–water partition coefficient (Wildman–Crippen LogP) is 6.19. The molecule has 3 nitrogen and oxygen atoms in total. The highest BCUT2D eigenvalue weighted by molar-refractivity contribution is 9.10. The molecule has 0 fully saturated rings. The zero-order valence-corrected chi connectivity index (χ0v) is 15.6. The molecule has 0 atom stereocenters. The van der Waals surface area contributed by atoms with Crippen molar-refractivity contribution in [3.05, 3.63) is 56.5 Å². The van der Waals surface area contributed by atoms with Crippen molar-refractivity contribution in [3.8, 4) is 5.75 Å². The van der Waals surface area contributed by atoms with Gasteiger partial charge in [-0.15, -0.1) is 0 Å². The lowest BCUT2D eigenvalue weighted by Crippen LogP contribution is -2.14. The zero-order valence-electron chi connectivity index (χ0n) is 12.5. The second-order valence-electron chi connectivity index (χ2n) is 4.93. The highest BCUT2D eigenvalue weighted by Gasteiger charge is 2.14. The van der Waals surface area contributed by atoms with Crippen LogP contribution in [0.15, 0.2) is 40.9 Å². The fourth-order valence-corrected chi connectivity index (χ4v) is 2.50. The largest absolute Gasteiger partial charge is 0.493 e. The van der Waals surface area contributed by atoms with Crippen molar-refractivity contribution in [1.82, 2.24) is 0 Å². The van der Waals surface area contributed by atoms with E-state index in [0.29, 0.717) is 33.7 Å². The van der Waals surface area contributed by atoms with Crippen LogP contribution in [-0.4, -0.2) is 12.5 Å². The van der Waals surface area contributed by atoms with E-state index in [1.165, 1.54) is 0 Å². The van der Waals surface area contributed by atoms with Crippen LogP contribution in [0.2, 0.25) is 10.0 Å². The van der Waals surface area contributed by atoms with Gasteiger partial charge in [0.25, 0.3) is 5.91 Å². The zero-order chi connectivity index (χ0) is 16.8. The quantitative estimate of drug-likeness (QED) is 0.570. The Morgan fingerprint density at radius 3 is 2.70 bits per heavy atom. The number of carbonyl (C=O) groups excluding carboxylic acids is 1. The van der Waals surface area contributed by atoms with E-state index in [2.05, 4.69) is 28.2 Å². The molecule has 0 saturated carbocycles. The van der Waals surface area contributed by atoms with E-state index in [1.807, 2.05) is 0 Å². The molecule has 0 unspecified atom stereocenters. The van der Waals surface area contributed by atoms with Crippen molar-refractivity contribution in [2.75, 3.05) is 11.9 Å². The van der Waals surface area contributed by atoms with Gasteiger partial charge >= 0.3 is 0 Å². The third kappa shape index (κ3) is 5.13. The molecule has 0 saturated heterocycles. The second-order valence-corrected chi connectivity index (χ2v) is 6.62. The first-order valence-corrected chi connectivity index (χ1v) is 8.75. The summed E-state index contributed by atoms with van der Waals surface area (Å²) in [5, 5.41) is 3.80. The summed E-state index contributed by atoms with van der Waals surface area (Å²) in [7, 11) is 0. The molecule has 0 radical (unpaired) electrons. The monoisotopic (exact) mass is 415 g/mol. The number of hydrogen-bond acceptors (Lipinski definition) is 2. The molecular formula is C17H16BrCl2NO2. The minimum Gasteiger partial charge on any atom is -0.493 e. The summed E-state index contributed by atoms with van der Waals surface area (Å²) in [4.78, 5) is 12.5. The van der Waals surface area contributed by atoms with Crippen LogP contribution in [-0.2, 0) is 0 Å². The second kappa shape index (κ2) is 8.57. The Morgan fingerprint density at radius 1 is 1.22 bits per heavy atom. The SMILES string of the molecule is CCCCOc1ccc(Cl)cc1C(=O)Nc1ccc(Br)c(Cl)c1. The fraction of sp³-hybridized carbons (Fsp3) is 0.235. The maximum Gasteiger partial charge on any atom is 0.259 e. The van der Waals surface area contributed by atoms with Gasteiger partial charge < -0.3 is 10.1 Å². The number of amides is 1.